The van der Waals surface area contributed by atoms with E-state index in [-0.39, 0.29) is 49.8 Å². The van der Waals surface area contributed by atoms with Crippen molar-refractivity contribution in [3.63, 3.8) is 0 Å². The number of hydrazone groups is 2. The summed E-state index contributed by atoms with van der Waals surface area (Å²) in [5.41, 5.74) is 4.01. The zero-order valence-corrected chi connectivity index (χ0v) is 32.4. The molecule has 0 spiro atoms. The second-order valence-corrected chi connectivity index (χ2v) is 15.2. The lowest BCUT2D eigenvalue weighted by molar-refractivity contribution is -0.139. The summed E-state index contributed by atoms with van der Waals surface area (Å²) in [5.74, 6) is -1.76. The Bertz CT molecular complexity index is 2310. The van der Waals surface area contributed by atoms with Crippen molar-refractivity contribution in [2.24, 2.45) is 16.1 Å². The minimum absolute atomic E-state index is 0.0593. The van der Waals surface area contributed by atoms with E-state index < -0.39 is 17.4 Å². The fourth-order valence-electron chi connectivity index (χ4n) is 8.32. The Balaban J connectivity index is 1.09. The van der Waals surface area contributed by atoms with E-state index in [2.05, 4.69) is 5.10 Å². The number of fused-ring (bicyclic) bond motifs is 1. The number of aliphatic hydroxyl groups is 2. The summed E-state index contributed by atoms with van der Waals surface area (Å²) in [6, 6.07) is 31.7. The maximum atomic E-state index is 14.6. The maximum absolute atomic E-state index is 14.6. The summed E-state index contributed by atoms with van der Waals surface area (Å²) >= 11 is 0. The number of anilines is 3. The smallest absolute Gasteiger partial charge is 0.264 e. The number of carbonyl (C=O) groups is 4. The van der Waals surface area contributed by atoms with Gasteiger partial charge < -0.3 is 20.0 Å². The van der Waals surface area contributed by atoms with Gasteiger partial charge in [-0.25, -0.2) is 10.0 Å². The van der Waals surface area contributed by atoms with Crippen LogP contribution in [0.2, 0.25) is 0 Å². The van der Waals surface area contributed by atoms with Crippen LogP contribution in [0.4, 0.5) is 17.1 Å². The van der Waals surface area contributed by atoms with E-state index in [1.165, 1.54) is 14.9 Å². The first-order valence-electron chi connectivity index (χ1n) is 19.9. The molecule has 1 saturated heterocycles. The van der Waals surface area contributed by atoms with E-state index in [0.717, 1.165) is 41.0 Å². The Morgan fingerprint density at radius 2 is 1.40 bits per heavy atom. The Morgan fingerprint density at radius 1 is 0.810 bits per heavy atom. The van der Waals surface area contributed by atoms with Gasteiger partial charge in [-0.2, -0.15) is 10.2 Å². The molecule has 8 rings (SSSR count). The van der Waals surface area contributed by atoms with Gasteiger partial charge in [-0.15, -0.1) is 0 Å². The summed E-state index contributed by atoms with van der Waals surface area (Å²) in [6.45, 7) is 2.35. The number of hydrogen-bond acceptors (Lipinski definition) is 8. The third kappa shape index (κ3) is 7.36. The van der Waals surface area contributed by atoms with Gasteiger partial charge in [0.25, 0.3) is 5.91 Å². The average molecular weight is 779 g/mol. The average Bonchev–Trinajstić information content (AvgIpc) is 3.83. The number of carbonyl (C=O) groups excluding carboxylic acids is 4. The minimum atomic E-state index is -2.04. The number of amides is 4. The normalized spacial score (nSPS) is 21.4. The van der Waals surface area contributed by atoms with E-state index in [1.807, 2.05) is 72.8 Å². The summed E-state index contributed by atoms with van der Waals surface area (Å²) in [5, 5.41) is 34.5. The number of hydrogen-bond donors (Lipinski definition) is 2. The molecular weight excluding hydrogens is 733 g/mol. The van der Waals surface area contributed by atoms with Gasteiger partial charge in [0.1, 0.15) is 0 Å². The molecule has 2 N–H and O–H groups in total. The van der Waals surface area contributed by atoms with Crippen molar-refractivity contribution in [3.8, 4) is 0 Å². The number of aliphatic hydroxyl groups excluding tert-OH is 1. The van der Waals surface area contributed by atoms with Crippen molar-refractivity contribution < 1.29 is 29.4 Å². The van der Waals surface area contributed by atoms with Crippen LogP contribution in [0, 0.1) is 5.92 Å². The maximum Gasteiger partial charge on any atom is 0.264 e. The van der Waals surface area contributed by atoms with Crippen molar-refractivity contribution in [2.45, 2.75) is 70.1 Å². The third-order valence-electron chi connectivity index (χ3n) is 11.6. The van der Waals surface area contributed by atoms with Crippen molar-refractivity contribution in [1.29, 1.82) is 0 Å². The molecule has 3 atom stereocenters. The van der Waals surface area contributed by atoms with E-state index in [0.29, 0.717) is 48.4 Å². The van der Waals surface area contributed by atoms with Crippen LogP contribution in [0.1, 0.15) is 74.1 Å². The largest absolute Gasteiger partial charge is 0.394 e. The summed E-state index contributed by atoms with van der Waals surface area (Å²) in [6.07, 6.45) is 6.63. The van der Waals surface area contributed by atoms with Gasteiger partial charge in [0, 0.05) is 50.1 Å². The van der Waals surface area contributed by atoms with Crippen molar-refractivity contribution in [3.05, 3.63) is 138 Å². The van der Waals surface area contributed by atoms with Gasteiger partial charge in [-0.05, 0) is 59.9 Å². The van der Waals surface area contributed by atoms with E-state index in [4.69, 9.17) is 5.10 Å². The predicted molar refractivity (Wildman–Crippen MR) is 222 cm³/mol. The number of likely N-dealkylation sites (tertiary alicyclic amines) is 1. The van der Waals surface area contributed by atoms with Gasteiger partial charge in [0.2, 0.25) is 17.7 Å². The monoisotopic (exact) mass is 778 g/mol. The Kier molecular flexibility index (Phi) is 10.9. The quantitative estimate of drug-likeness (QED) is 0.178. The summed E-state index contributed by atoms with van der Waals surface area (Å²) in [7, 11) is 0. The van der Waals surface area contributed by atoms with E-state index >= 15 is 0 Å². The molecule has 4 amide bonds. The highest BCUT2D eigenvalue weighted by atomic mass is 16.3. The lowest BCUT2D eigenvalue weighted by atomic mass is 9.82. The third-order valence-corrected chi connectivity index (χ3v) is 11.6. The Labute approximate surface area is 337 Å². The van der Waals surface area contributed by atoms with Crippen molar-refractivity contribution in [2.75, 3.05) is 28.1 Å². The molecule has 12 heteroatoms. The van der Waals surface area contributed by atoms with Gasteiger partial charge in [-0.3, -0.25) is 19.2 Å². The van der Waals surface area contributed by atoms with Crippen LogP contribution in [0.25, 0.3) is 0 Å². The van der Waals surface area contributed by atoms with Crippen LogP contribution in [0.5, 0.6) is 0 Å². The molecular formula is C46H46N6O6. The van der Waals surface area contributed by atoms with Crippen LogP contribution >= 0.6 is 0 Å². The highest BCUT2D eigenvalue weighted by Gasteiger charge is 2.53. The van der Waals surface area contributed by atoms with Crippen molar-refractivity contribution >= 4 is 52.1 Å². The standard InChI is InChI=1S/C46H46N6O6/c1-31(10-8-16-42(54)49-27-9-15-37(49)30-53)46(58)38-28-36(52-44(56)26-23-40(48-52)34-13-6-3-7-14-34)21-24-41(38)50(45(46)57)29-32-17-19-35(20-18-32)51-43(55)25-22-39(47-51)33-11-4-2-5-12-33/h2-8,10-14,17-21,24,28,31,37,53,58H,9,15-16,22-23,25-27,29-30H2,1H3/b10-8+/t31-,37-,46+/m0/s1. The summed E-state index contributed by atoms with van der Waals surface area (Å²) < 4.78 is 0. The van der Waals surface area contributed by atoms with Gasteiger partial charge in [0.05, 0.1) is 47.7 Å². The molecule has 4 heterocycles. The predicted octanol–water partition coefficient (Wildman–Crippen LogP) is 6.05. The highest BCUT2D eigenvalue weighted by Crippen LogP contribution is 2.47. The fraction of sp³-hybridized carbons (Fsp3) is 0.304. The van der Waals surface area contributed by atoms with E-state index in [9.17, 15) is 29.4 Å². The molecule has 0 bridgehead atoms. The van der Waals surface area contributed by atoms with E-state index in [1.54, 1.807) is 54.3 Å². The lowest BCUT2D eigenvalue weighted by Gasteiger charge is -2.29. The van der Waals surface area contributed by atoms with Crippen LogP contribution in [0.3, 0.4) is 0 Å². The molecule has 12 nitrogen and oxygen atoms in total. The number of benzene rings is 4. The molecule has 296 valence electrons. The SMILES string of the molecule is C[C@@H](/C=C/CC(=O)N1CCC[C@H]1CO)[C@]1(O)C(=O)N(Cc2ccc(N3N=C(c4ccccc4)CCC3=O)cc2)c2ccc(N3N=C(c4ccccc4)CCC3=O)cc21. The first kappa shape index (κ1) is 38.6. The molecule has 4 aromatic rings. The first-order chi connectivity index (χ1) is 28.1. The molecule has 4 aliphatic heterocycles. The second-order valence-electron chi connectivity index (χ2n) is 15.2. The molecule has 0 aromatic heterocycles. The number of rotatable bonds is 11. The second kappa shape index (κ2) is 16.3. The first-order valence-corrected chi connectivity index (χ1v) is 19.9. The number of nitrogens with zero attached hydrogens (tertiary/aromatic N) is 6. The van der Waals surface area contributed by atoms with Gasteiger partial charge in [-0.1, -0.05) is 91.9 Å². The van der Waals surface area contributed by atoms with Gasteiger partial charge in [0.15, 0.2) is 5.60 Å². The zero-order valence-electron chi connectivity index (χ0n) is 32.4. The van der Waals surface area contributed by atoms with Crippen LogP contribution in [-0.4, -0.2) is 69.4 Å². The Hall–Kier alpha value is -6.24. The van der Waals surface area contributed by atoms with Crippen molar-refractivity contribution in [1.82, 2.24) is 4.90 Å². The molecule has 0 radical (unpaired) electrons. The molecule has 0 aliphatic carbocycles. The minimum Gasteiger partial charge on any atom is -0.394 e. The Morgan fingerprint density at radius 3 is 2.00 bits per heavy atom. The van der Waals surface area contributed by atoms with Crippen LogP contribution < -0.4 is 14.9 Å². The zero-order chi connectivity index (χ0) is 40.4. The molecule has 4 aliphatic rings. The molecule has 0 saturated carbocycles. The lowest BCUT2D eigenvalue weighted by Crippen LogP contribution is -2.44. The van der Waals surface area contributed by atoms with Gasteiger partial charge >= 0.3 is 0 Å². The topological polar surface area (TPSA) is 146 Å². The van der Waals surface area contributed by atoms with Crippen LogP contribution in [0.15, 0.2) is 125 Å². The molecule has 1 fully saturated rings. The fourth-order valence-corrected chi connectivity index (χ4v) is 8.32. The van der Waals surface area contributed by atoms with Crippen LogP contribution in [-0.2, 0) is 31.3 Å². The molecule has 0 unspecified atom stereocenters. The molecule has 4 aromatic carbocycles. The highest BCUT2D eigenvalue weighted by molar-refractivity contribution is 6.11. The molecule has 58 heavy (non-hydrogen) atoms. The summed E-state index contributed by atoms with van der Waals surface area (Å²) in [4.78, 5) is 57.2.